The van der Waals surface area contributed by atoms with Gasteiger partial charge in [0.25, 0.3) is 5.91 Å². The van der Waals surface area contributed by atoms with Gasteiger partial charge in [-0.05, 0) is 27.7 Å². The van der Waals surface area contributed by atoms with Crippen LogP contribution in [0, 0.1) is 12.3 Å². The number of hydrogen-bond acceptors (Lipinski definition) is 3. The summed E-state index contributed by atoms with van der Waals surface area (Å²) in [6, 6.07) is 0. The van der Waals surface area contributed by atoms with E-state index in [4.69, 9.17) is 39.1 Å². The van der Waals surface area contributed by atoms with Crippen molar-refractivity contribution in [1.29, 1.82) is 0 Å². The molecular weight excluding hydrogens is 289 g/mol. The zero-order chi connectivity index (χ0) is 14.8. The minimum absolute atomic E-state index is 0.0290. The number of alkyl halides is 2. The van der Waals surface area contributed by atoms with Gasteiger partial charge in [0.05, 0.1) is 24.3 Å². The van der Waals surface area contributed by atoms with E-state index in [1.807, 2.05) is 13.8 Å². The Morgan fingerprint density at radius 3 is 2.21 bits per heavy atom. The van der Waals surface area contributed by atoms with Gasteiger partial charge in [-0.1, -0.05) is 29.1 Å². The molecule has 0 N–H and O–H groups in total. The lowest BCUT2D eigenvalue weighted by Crippen LogP contribution is -2.52. The van der Waals surface area contributed by atoms with Crippen LogP contribution in [0.4, 0.5) is 0 Å². The Labute approximate surface area is 124 Å². The van der Waals surface area contributed by atoms with Crippen LogP contribution in [-0.2, 0) is 14.3 Å². The first kappa shape index (κ1) is 16.6. The SMILES string of the molecule is C#CC(C)(C)N(CC1OC(C)C(C)O1)C(=O)C(Cl)Cl. The van der Waals surface area contributed by atoms with Crippen molar-refractivity contribution in [2.75, 3.05) is 6.54 Å². The van der Waals surface area contributed by atoms with Gasteiger partial charge in [-0.25, -0.2) is 0 Å². The summed E-state index contributed by atoms with van der Waals surface area (Å²) in [6.07, 6.45) is 4.88. The maximum atomic E-state index is 12.1. The molecule has 0 spiro atoms. The average Bonchev–Trinajstić information content (AvgIpc) is 2.64. The van der Waals surface area contributed by atoms with Gasteiger partial charge in [0.15, 0.2) is 11.1 Å². The number of ether oxygens (including phenoxy) is 2. The van der Waals surface area contributed by atoms with Crippen LogP contribution < -0.4 is 0 Å². The van der Waals surface area contributed by atoms with Gasteiger partial charge in [0.1, 0.15) is 0 Å². The summed E-state index contributed by atoms with van der Waals surface area (Å²) >= 11 is 11.3. The number of terminal acetylenes is 1. The second-order valence-corrected chi connectivity index (χ2v) is 6.16. The van der Waals surface area contributed by atoms with Gasteiger partial charge >= 0.3 is 0 Å². The second-order valence-electron chi connectivity index (χ2n) is 5.06. The first-order valence-corrected chi connectivity index (χ1v) is 6.94. The topological polar surface area (TPSA) is 38.8 Å². The molecule has 108 valence electrons. The first-order chi connectivity index (χ1) is 8.69. The van der Waals surface area contributed by atoms with E-state index in [1.165, 1.54) is 4.90 Å². The molecule has 2 unspecified atom stereocenters. The molecule has 2 atom stereocenters. The minimum Gasteiger partial charge on any atom is -0.345 e. The van der Waals surface area contributed by atoms with Gasteiger partial charge in [0, 0.05) is 0 Å². The number of rotatable bonds is 4. The highest BCUT2D eigenvalue weighted by Crippen LogP contribution is 2.24. The molecule has 0 radical (unpaired) electrons. The zero-order valence-electron chi connectivity index (χ0n) is 11.5. The van der Waals surface area contributed by atoms with Crippen molar-refractivity contribution in [2.45, 2.75) is 56.6 Å². The lowest BCUT2D eigenvalue weighted by molar-refractivity contribution is -0.142. The third-order valence-electron chi connectivity index (χ3n) is 3.21. The fourth-order valence-electron chi connectivity index (χ4n) is 1.76. The molecule has 1 rings (SSSR count). The molecule has 0 aromatic carbocycles. The van der Waals surface area contributed by atoms with Crippen molar-refractivity contribution in [3.63, 3.8) is 0 Å². The normalized spacial score (nSPS) is 27.4. The van der Waals surface area contributed by atoms with Crippen LogP contribution >= 0.6 is 23.2 Å². The molecule has 0 saturated carbocycles. The Bertz CT molecular complexity index is 369. The van der Waals surface area contributed by atoms with Crippen LogP contribution in [0.3, 0.4) is 0 Å². The summed E-state index contributed by atoms with van der Waals surface area (Å²) < 4.78 is 11.2. The molecule has 1 aliphatic rings. The Kier molecular flexibility index (Phi) is 5.52. The van der Waals surface area contributed by atoms with Crippen molar-refractivity contribution in [3.8, 4) is 12.3 Å². The summed E-state index contributed by atoms with van der Waals surface area (Å²) in [5.74, 6) is 2.10. The van der Waals surface area contributed by atoms with Gasteiger partial charge < -0.3 is 14.4 Å². The highest BCUT2D eigenvalue weighted by molar-refractivity contribution is 6.53. The number of nitrogens with zero attached hydrogens (tertiary/aromatic N) is 1. The van der Waals surface area contributed by atoms with Crippen LogP contribution in [0.1, 0.15) is 27.7 Å². The van der Waals surface area contributed by atoms with E-state index in [9.17, 15) is 4.79 Å². The Morgan fingerprint density at radius 1 is 1.37 bits per heavy atom. The lowest BCUT2D eigenvalue weighted by Gasteiger charge is -2.36. The number of halogens is 2. The second kappa shape index (κ2) is 6.32. The van der Waals surface area contributed by atoms with E-state index in [1.54, 1.807) is 13.8 Å². The monoisotopic (exact) mass is 307 g/mol. The number of hydrogen-bond donors (Lipinski definition) is 0. The molecule has 0 aliphatic carbocycles. The van der Waals surface area contributed by atoms with Crippen molar-refractivity contribution < 1.29 is 14.3 Å². The summed E-state index contributed by atoms with van der Waals surface area (Å²) in [4.78, 5) is 12.3. The van der Waals surface area contributed by atoms with Crippen LogP contribution in [-0.4, -0.2) is 46.2 Å². The maximum Gasteiger partial charge on any atom is 0.257 e. The fourth-order valence-corrected chi connectivity index (χ4v) is 1.99. The number of carbonyl (C=O) groups is 1. The van der Waals surface area contributed by atoms with Gasteiger partial charge in [-0.2, -0.15) is 0 Å². The summed E-state index contributed by atoms with van der Waals surface area (Å²) in [5.41, 5.74) is -0.819. The summed E-state index contributed by atoms with van der Waals surface area (Å²) in [7, 11) is 0. The molecule has 0 aromatic rings. The molecule has 0 bridgehead atoms. The minimum atomic E-state index is -1.16. The third-order valence-corrected chi connectivity index (χ3v) is 3.58. The molecule has 1 fully saturated rings. The largest absolute Gasteiger partial charge is 0.345 e. The van der Waals surface area contributed by atoms with Crippen LogP contribution in [0.5, 0.6) is 0 Å². The quantitative estimate of drug-likeness (QED) is 0.590. The molecule has 1 saturated heterocycles. The smallest absolute Gasteiger partial charge is 0.257 e. The molecule has 0 aromatic heterocycles. The molecule has 1 amide bonds. The third kappa shape index (κ3) is 4.00. The Hall–Kier alpha value is -0.470. The molecular formula is C13H19Cl2NO3. The standard InChI is InChI=1S/C13H19Cl2NO3/c1-6-13(4,5)16(12(17)11(14)15)7-10-18-8(2)9(3)19-10/h1,8-11H,7H2,2-5H3. The van der Waals surface area contributed by atoms with E-state index >= 15 is 0 Å². The molecule has 6 heteroatoms. The predicted molar refractivity (Wildman–Crippen MR) is 75.0 cm³/mol. The van der Waals surface area contributed by atoms with E-state index in [2.05, 4.69) is 5.92 Å². The zero-order valence-corrected chi connectivity index (χ0v) is 13.0. The van der Waals surface area contributed by atoms with Gasteiger partial charge in [-0.15, -0.1) is 6.42 Å². The van der Waals surface area contributed by atoms with E-state index in [0.717, 1.165) is 0 Å². The van der Waals surface area contributed by atoms with Crippen molar-refractivity contribution in [3.05, 3.63) is 0 Å². The van der Waals surface area contributed by atoms with Crippen molar-refractivity contribution in [2.24, 2.45) is 0 Å². The highest BCUT2D eigenvalue weighted by Gasteiger charge is 2.38. The first-order valence-electron chi connectivity index (χ1n) is 6.07. The van der Waals surface area contributed by atoms with Gasteiger partial charge in [0.2, 0.25) is 0 Å². The summed E-state index contributed by atoms with van der Waals surface area (Å²) in [5, 5.41) is 0. The van der Waals surface area contributed by atoms with Crippen LogP contribution in [0.2, 0.25) is 0 Å². The van der Waals surface area contributed by atoms with E-state index in [0.29, 0.717) is 0 Å². The number of amides is 1. The molecule has 1 aliphatic heterocycles. The maximum absolute atomic E-state index is 12.1. The van der Waals surface area contributed by atoms with Crippen LogP contribution in [0.15, 0.2) is 0 Å². The van der Waals surface area contributed by atoms with E-state index < -0.39 is 22.6 Å². The van der Waals surface area contributed by atoms with Gasteiger partial charge in [-0.3, -0.25) is 4.79 Å². The molecule has 1 heterocycles. The van der Waals surface area contributed by atoms with Crippen LogP contribution in [0.25, 0.3) is 0 Å². The average molecular weight is 308 g/mol. The van der Waals surface area contributed by atoms with Crippen molar-refractivity contribution in [1.82, 2.24) is 4.90 Å². The van der Waals surface area contributed by atoms with Crippen molar-refractivity contribution >= 4 is 29.1 Å². The molecule has 4 nitrogen and oxygen atoms in total. The predicted octanol–water partition coefficient (Wildman–Crippen LogP) is 2.18. The Balaban J connectivity index is 2.82. The fraction of sp³-hybridized carbons (Fsp3) is 0.769. The summed E-state index contributed by atoms with van der Waals surface area (Å²) in [6.45, 7) is 7.50. The highest BCUT2D eigenvalue weighted by atomic mass is 35.5. The molecule has 19 heavy (non-hydrogen) atoms. The Morgan fingerprint density at radius 2 is 1.84 bits per heavy atom. The lowest BCUT2D eigenvalue weighted by atomic mass is 10.0. The van der Waals surface area contributed by atoms with E-state index in [-0.39, 0.29) is 18.8 Å². The number of carbonyl (C=O) groups excluding carboxylic acids is 1.